The van der Waals surface area contributed by atoms with Crippen molar-refractivity contribution in [2.24, 2.45) is 0 Å². The average molecular weight is 413 g/mol. The molecule has 3 rings (SSSR count). The molecule has 0 unspecified atom stereocenters. The van der Waals surface area contributed by atoms with E-state index in [2.05, 4.69) is 5.10 Å². The van der Waals surface area contributed by atoms with Crippen molar-refractivity contribution in [2.75, 3.05) is 7.05 Å². The minimum Gasteiger partial charge on any atom is -0.338 e. The first-order valence-corrected chi connectivity index (χ1v) is 9.38. The fraction of sp³-hybridized carbons (Fsp3) is 0.217. The largest absolute Gasteiger partial charge is 0.416 e. The minimum atomic E-state index is -4.46. The van der Waals surface area contributed by atoms with E-state index in [9.17, 15) is 18.0 Å². The van der Waals surface area contributed by atoms with Crippen LogP contribution >= 0.6 is 0 Å². The fourth-order valence-electron chi connectivity index (χ4n) is 3.27. The van der Waals surface area contributed by atoms with Crippen molar-refractivity contribution in [1.82, 2.24) is 14.7 Å². The van der Waals surface area contributed by atoms with Crippen LogP contribution in [0.3, 0.4) is 0 Å². The highest BCUT2D eigenvalue weighted by atomic mass is 19.4. The zero-order chi connectivity index (χ0) is 21.9. The summed E-state index contributed by atoms with van der Waals surface area (Å²) in [5, 5.41) is 4.53. The monoisotopic (exact) mass is 413 g/mol. The first-order valence-electron chi connectivity index (χ1n) is 9.38. The lowest BCUT2D eigenvalue weighted by Gasteiger charge is -2.19. The third kappa shape index (κ3) is 4.62. The minimum absolute atomic E-state index is 0.0542. The molecule has 0 N–H and O–H groups in total. The zero-order valence-electron chi connectivity index (χ0n) is 16.9. The van der Waals surface area contributed by atoms with Gasteiger partial charge in [-0.3, -0.25) is 4.79 Å². The fourth-order valence-corrected chi connectivity index (χ4v) is 3.27. The number of aromatic nitrogens is 2. The van der Waals surface area contributed by atoms with Gasteiger partial charge in [-0.05, 0) is 43.7 Å². The third-order valence-electron chi connectivity index (χ3n) is 4.85. The number of likely N-dealkylation sites (N-methyl/N-ethyl adjacent to an activating group) is 1. The van der Waals surface area contributed by atoms with Gasteiger partial charge in [-0.2, -0.15) is 18.3 Å². The number of hydrogen-bond donors (Lipinski definition) is 0. The van der Waals surface area contributed by atoms with Crippen LogP contribution in [-0.2, 0) is 17.5 Å². The highest BCUT2D eigenvalue weighted by Gasteiger charge is 2.33. The summed E-state index contributed by atoms with van der Waals surface area (Å²) in [6.07, 6.45) is -1.44. The molecule has 0 spiro atoms. The molecule has 0 aliphatic rings. The van der Waals surface area contributed by atoms with E-state index in [4.69, 9.17) is 0 Å². The van der Waals surface area contributed by atoms with Gasteiger partial charge in [-0.1, -0.05) is 36.4 Å². The van der Waals surface area contributed by atoms with Gasteiger partial charge in [0.15, 0.2) is 0 Å². The van der Waals surface area contributed by atoms with Crippen LogP contribution in [0.4, 0.5) is 13.2 Å². The van der Waals surface area contributed by atoms with Crippen LogP contribution in [0.1, 0.15) is 28.1 Å². The van der Waals surface area contributed by atoms with Crippen LogP contribution < -0.4 is 0 Å². The molecule has 156 valence electrons. The summed E-state index contributed by atoms with van der Waals surface area (Å²) in [5.41, 5.74) is 2.66. The first kappa shape index (κ1) is 21.4. The van der Waals surface area contributed by atoms with Crippen molar-refractivity contribution in [2.45, 2.75) is 26.6 Å². The van der Waals surface area contributed by atoms with Gasteiger partial charge in [-0.15, -0.1) is 0 Å². The van der Waals surface area contributed by atoms with Gasteiger partial charge in [0.1, 0.15) is 0 Å². The van der Waals surface area contributed by atoms with Crippen LogP contribution in [0.5, 0.6) is 0 Å². The number of aryl methyl sites for hydroxylation is 1. The first-order chi connectivity index (χ1) is 14.2. The molecule has 4 nitrogen and oxygen atoms in total. The van der Waals surface area contributed by atoms with Gasteiger partial charge < -0.3 is 4.90 Å². The molecule has 0 atom stereocenters. The Hall–Kier alpha value is -3.35. The summed E-state index contributed by atoms with van der Waals surface area (Å²) in [4.78, 5) is 13.8. The van der Waals surface area contributed by atoms with E-state index in [0.717, 1.165) is 28.7 Å². The Morgan fingerprint density at radius 1 is 1.07 bits per heavy atom. The predicted molar refractivity (Wildman–Crippen MR) is 110 cm³/mol. The van der Waals surface area contributed by atoms with E-state index >= 15 is 0 Å². The third-order valence-corrected chi connectivity index (χ3v) is 4.85. The predicted octanol–water partition coefficient (Wildman–Crippen LogP) is 5.18. The summed E-state index contributed by atoms with van der Waals surface area (Å²) in [5.74, 6) is -0.391. The van der Waals surface area contributed by atoms with Crippen LogP contribution in [-0.4, -0.2) is 27.6 Å². The van der Waals surface area contributed by atoms with Gasteiger partial charge in [0.2, 0.25) is 5.91 Å². The smallest absolute Gasteiger partial charge is 0.338 e. The Kier molecular flexibility index (Phi) is 6.10. The molecular weight excluding hydrogens is 391 g/mol. The van der Waals surface area contributed by atoms with Crippen molar-refractivity contribution in [1.29, 1.82) is 0 Å². The number of benzene rings is 2. The summed E-state index contributed by atoms with van der Waals surface area (Å²) >= 11 is 0. The van der Waals surface area contributed by atoms with Gasteiger partial charge in [0.25, 0.3) is 0 Å². The molecular formula is C23H22F3N3O. The standard InChI is InChI=1S/C23H22F3N3O/c1-16-20(17(2)29(27-16)19-10-5-4-6-11-19)13-14-22(30)28(3)15-18-9-7-8-12-21(18)23(24,25)26/h4-14H,15H2,1-3H3/b14-13+. The number of amides is 1. The highest BCUT2D eigenvalue weighted by molar-refractivity contribution is 5.91. The summed E-state index contributed by atoms with van der Waals surface area (Å²) < 4.78 is 41.3. The molecule has 0 saturated carbocycles. The number of para-hydroxylation sites is 1. The summed E-state index contributed by atoms with van der Waals surface area (Å²) in [7, 11) is 1.48. The molecule has 0 aliphatic carbocycles. The topological polar surface area (TPSA) is 38.1 Å². The van der Waals surface area contributed by atoms with Crippen molar-refractivity contribution in [3.05, 3.63) is 88.8 Å². The average Bonchev–Trinajstić information content (AvgIpc) is 3.00. The lowest BCUT2D eigenvalue weighted by molar-refractivity contribution is -0.139. The number of nitrogens with zero attached hydrogens (tertiary/aromatic N) is 3. The lowest BCUT2D eigenvalue weighted by Crippen LogP contribution is -2.25. The quantitative estimate of drug-likeness (QED) is 0.541. The molecule has 0 radical (unpaired) electrons. The van der Waals surface area contributed by atoms with Crippen LogP contribution in [0.2, 0.25) is 0 Å². The maximum absolute atomic E-state index is 13.2. The Balaban J connectivity index is 1.78. The molecule has 0 aliphatic heterocycles. The Morgan fingerprint density at radius 3 is 2.37 bits per heavy atom. The second kappa shape index (κ2) is 8.57. The Labute approximate surface area is 173 Å². The SMILES string of the molecule is Cc1nn(-c2ccccc2)c(C)c1/C=C/C(=O)N(C)Cc1ccccc1C(F)(F)F. The van der Waals surface area contributed by atoms with E-state index in [1.54, 1.807) is 10.8 Å². The Morgan fingerprint density at radius 2 is 1.70 bits per heavy atom. The zero-order valence-corrected chi connectivity index (χ0v) is 16.9. The Bertz CT molecular complexity index is 1070. The van der Waals surface area contributed by atoms with Gasteiger partial charge in [0, 0.05) is 30.9 Å². The lowest BCUT2D eigenvalue weighted by atomic mass is 10.1. The number of hydrogen-bond acceptors (Lipinski definition) is 2. The van der Waals surface area contributed by atoms with Crippen molar-refractivity contribution >= 4 is 12.0 Å². The van der Waals surface area contributed by atoms with Crippen LogP contribution in [0, 0.1) is 13.8 Å². The summed E-state index contributed by atoms with van der Waals surface area (Å²) in [6, 6.07) is 14.9. The van der Waals surface area contributed by atoms with E-state index in [1.807, 2.05) is 44.2 Å². The van der Waals surface area contributed by atoms with Crippen molar-refractivity contribution in [3.8, 4) is 5.69 Å². The van der Waals surface area contributed by atoms with Crippen LogP contribution in [0.15, 0.2) is 60.7 Å². The molecule has 3 aromatic rings. The number of carbonyl (C=O) groups excluding carboxylic acids is 1. The normalized spacial score (nSPS) is 11.8. The van der Waals surface area contributed by atoms with Gasteiger partial charge in [-0.25, -0.2) is 4.68 Å². The van der Waals surface area contributed by atoms with Crippen LogP contribution in [0.25, 0.3) is 11.8 Å². The van der Waals surface area contributed by atoms with E-state index < -0.39 is 17.6 Å². The van der Waals surface area contributed by atoms with E-state index in [-0.39, 0.29) is 12.1 Å². The maximum atomic E-state index is 13.2. The molecule has 30 heavy (non-hydrogen) atoms. The number of rotatable bonds is 5. The summed E-state index contributed by atoms with van der Waals surface area (Å²) in [6.45, 7) is 3.61. The molecule has 7 heteroatoms. The number of carbonyl (C=O) groups is 1. The molecule has 1 aromatic heterocycles. The van der Waals surface area contributed by atoms with E-state index in [1.165, 1.54) is 36.2 Å². The second-order valence-electron chi connectivity index (χ2n) is 7.01. The molecule has 0 saturated heterocycles. The second-order valence-corrected chi connectivity index (χ2v) is 7.01. The number of alkyl halides is 3. The van der Waals surface area contributed by atoms with Gasteiger partial charge in [0.05, 0.1) is 16.9 Å². The molecule has 1 amide bonds. The van der Waals surface area contributed by atoms with Crippen molar-refractivity contribution < 1.29 is 18.0 Å². The molecule has 0 bridgehead atoms. The molecule has 2 aromatic carbocycles. The molecule has 1 heterocycles. The van der Waals surface area contributed by atoms with E-state index in [0.29, 0.717) is 0 Å². The molecule has 0 fully saturated rings. The highest BCUT2D eigenvalue weighted by Crippen LogP contribution is 2.32. The van der Waals surface area contributed by atoms with Crippen molar-refractivity contribution in [3.63, 3.8) is 0 Å². The maximum Gasteiger partial charge on any atom is 0.416 e. The van der Waals surface area contributed by atoms with Gasteiger partial charge >= 0.3 is 6.18 Å². The number of halogens is 3.